The number of amides is 1. The predicted octanol–water partition coefficient (Wildman–Crippen LogP) is 5.99. The van der Waals surface area contributed by atoms with Crippen LogP contribution in [-0.4, -0.2) is 10.9 Å². The summed E-state index contributed by atoms with van der Waals surface area (Å²) in [6.07, 6.45) is 0. The van der Waals surface area contributed by atoms with E-state index in [0.29, 0.717) is 20.7 Å². The number of thiazole rings is 1. The van der Waals surface area contributed by atoms with Gasteiger partial charge in [-0.1, -0.05) is 35.3 Å². The van der Waals surface area contributed by atoms with Crippen molar-refractivity contribution in [3.05, 3.63) is 68.5 Å². The van der Waals surface area contributed by atoms with E-state index in [1.165, 1.54) is 22.5 Å². The van der Waals surface area contributed by atoms with Gasteiger partial charge in [0.2, 0.25) is 0 Å². The van der Waals surface area contributed by atoms with Gasteiger partial charge in [0.25, 0.3) is 5.91 Å². The van der Waals surface area contributed by atoms with Crippen LogP contribution in [0.1, 0.15) is 21.5 Å². The Morgan fingerprint density at radius 3 is 2.42 bits per heavy atom. The van der Waals surface area contributed by atoms with E-state index in [4.69, 9.17) is 23.2 Å². The summed E-state index contributed by atoms with van der Waals surface area (Å²) in [5.41, 5.74) is 4.71. The van der Waals surface area contributed by atoms with Crippen LogP contribution in [0.4, 0.5) is 5.13 Å². The van der Waals surface area contributed by atoms with Crippen molar-refractivity contribution < 1.29 is 4.79 Å². The molecule has 0 saturated heterocycles. The molecule has 0 aliphatic carbocycles. The molecule has 0 spiro atoms. The van der Waals surface area contributed by atoms with E-state index >= 15 is 0 Å². The first kappa shape index (κ1) is 17.0. The molecule has 3 nitrogen and oxygen atoms in total. The van der Waals surface area contributed by atoms with Gasteiger partial charge in [0.1, 0.15) is 0 Å². The van der Waals surface area contributed by atoms with E-state index in [-0.39, 0.29) is 5.91 Å². The SMILES string of the molecule is Cc1ccc(-c2csc(NC(=O)c3cc(Cl)cc(Cl)c3)n2)cc1C. The number of hydrogen-bond acceptors (Lipinski definition) is 3. The molecule has 1 amide bonds. The van der Waals surface area contributed by atoms with E-state index in [2.05, 4.69) is 36.3 Å². The zero-order valence-electron chi connectivity index (χ0n) is 13.1. The normalized spacial score (nSPS) is 10.7. The summed E-state index contributed by atoms with van der Waals surface area (Å²) in [5.74, 6) is -0.291. The molecule has 0 unspecified atom stereocenters. The smallest absolute Gasteiger partial charge is 0.257 e. The zero-order valence-corrected chi connectivity index (χ0v) is 15.4. The third kappa shape index (κ3) is 3.78. The van der Waals surface area contributed by atoms with Crippen molar-refractivity contribution in [3.63, 3.8) is 0 Å². The van der Waals surface area contributed by atoms with Crippen molar-refractivity contribution in [1.82, 2.24) is 4.98 Å². The largest absolute Gasteiger partial charge is 0.298 e. The van der Waals surface area contributed by atoms with E-state index in [1.54, 1.807) is 18.2 Å². The van der Waals surface area contributed by atoms with Gasteiger partial charge in [-0.3, -0.25) is 10.1 Å². The molecular weight excluding hydrogens is 363 g/mol. The molecule has 122 valence electrons. The minimum absolute atomic E-state index is 0.291. The van der Waals surface area contributed by atoms with Gasteiger partial charge in [0.05, 0.1) is 5.69 Å². The summed E-state index contributed by atoms with van der Waals surface area (Å²) >= 11 is 13.2. The number of nitrogens with one attached hydrogen (secondary N) is 1. The van der Waals surface area contributed by atoms with Crippen LogP contribution in [0, 0.1) is 13.8 Å². The van der Waals surface area contributed by atoms with Crippen molar-refractivity contribution in [3.8, 4) is 11.3 Å². The molecule has 3 rings (SSSR count). The number of aromatic nitrogens is 1. The van der Waals surface area contributed by atoms with Crippen molar-refractivity contribution in [2.45, 2.75) is 13.8 Å². The molecule has 1 heterocycles. The highest BCUT2D eigenvalue weighted by Crippen LogP contribution is 2.27. The van der Waals surface area contributed by atoms with Crippen molar-refractivity contribution in [1.29, 1.82) is 0 Å². The highest BCUT2D eigenvalue weighted by Gasteiger charge is 2.12. The van der Waals surface area contributed by atoms with Crippen molar-refractivity contribution in [2.24, 2.45) is 0 Å². The molecule has 2 aromatic carbocycles. The Hall–Kier alpha value is -1.88. The molecule has 3 aromatic rings. The molecule has 0 bridgehead atoms. The molecule has 0 aliphatic rings. The second kappa shape index (κ2) is 6.93. The van der Waals surface area contributed by atoms with Crippen molar-refractivity contribution >= 4 is 45.6 Å². The Morgan fingerprint density at radius 2 is 1.75 bits per heavy atom. The van der Waals surface area contributed by atoms with Crippen LogP contribution in [0.25, 0.3) is 11.3 Å². The molecule has 6 heteroatoms. The third-order valence-electron chi connectivity index (χ3n) is 3.65. The lowest BCUT2D eigenvalue weighted by molar-refractivity contribution is 0.102. The molecular formula is C18H14Cl2N2OS. The topological polar surface area (TPSA) is 42.0 Å². The molecule has 0 atom stereocenters. The monoisotopic (exact) mass is 376 g/mol. The molecule has 0 saturated carbocycles. The van der Waals surface area contributed by atoms with Gasteiger partial charge in [-0.2, -0.15) is 0 Å². The van der Waals surface area contributed by atoms with Crippen molar-refractivity contribution in [2.75, 3.05) is 5.32 Å². The number of carbonyl (C=O) groups is 1. The number of hydrogen-bond donors (Lipinski definition) is 1. The maximum absolute atomic E-state index is 12.3. The Labute approximate surface area is 154 Å². The Kier molecular flexibility index (Phi) is 4.90. The lowest BCUT2D eigenvalue weighted by Gasteiger charge is -2.04. The van der Waals surface area contributed by atoms with Gasteiger partial charge >= 0.3 is 0 Å². The standard InChI is InChI=1S/C18H14Cl2N2OS/c1-10-3-4-12(5-11(10)2)16-9-24-18(21-16)22-17(23)13-6-14(19)8-15(20)7-13/h3-9H,1-2H3,(H,21,22,23). The van der Waals surface area contributed by atoms with Crippen LogP contribution in [0.5, 0.6) is 0 Å². The number of carbonyl (C=O) groups excluding carboxylic acids is 1. The third-order valence-corrected chi connectivity index (χ3v) is 4.85. The maximum Gasteiger partial charge on any atom is 0.257 e. The fourth-order valence-electron chi connectivity index (χ4n) is 2.22. The summed E-state index contributed by atoms with van der Waals surface area (Å²) in [7, 11) is 0. The number of aryl methyl sites for hydroxylation is 2. The van der Waals surface area contributed by atoms with Gasteiger partial charge in [-0.15, -0.1) is 11.3 Å². The van der Waals surface area contributed by atoms with Crippen LogP contribution in [0.15, 0.2) is 41.8 Å². The summed E-state index contributed by atoms with van der Waals surface area (Å²) < 4.78 is 0. The summed E-state index contributed by atoms with van der Waals surface area (Å²) in [5, 5.41) is 6.07. The first-order valence-electron chi connectivity index (χ1n) is 7.23. The quantitative estimate of drug-likeness (QED) is 0.610. The maximum atomic E-state index is 12.3. The minimum Gasteiger partial charge on any atom is -0.298 e. The van der Waals surface area contributed by atoms with E-state index < -0.39 is 0 Å². The minimum atomic E-state index is -0.291. The number of nitrogens with zero attached hydrogens (tertiary/aromatic N) is 1. The van der Waals surface area contributed by atoms with Gasteiger partial charge in [0.15, 0.2) is 5.13 Å². The lowest BCUT2D eigenvalue weighted by Crippen LogP contribution is -2.11. The molecule has 1 aromatic heterocycles. The lowest BCUT2D eigenvalue weighted by atomic mass is 10.1. The van der Waals surface area contributed by atoms with E-state index in [0.717, 1.165) is 11.3 Å². The fraction of sp³-hybridized carbons (Fsp3) is 0.111. The molecule has 0 radical (unpaired) electrons. The van der Waals surface area contributed by atoms with Crippen LogP contribution < -0.4 is 5.32 Å². The van der Waals surface area contributed by atoms with Gasteiger partial charge < -0.3 is 0 Å². The molecule has 1 N–H and O–H groups in total. The first-order valence-corrected chi connectivity index (χ1v) is 8.86. The zero-order chi connectivity index (χ0) is 17.3. The highest BCUT2D eigenvalue weighted by molar-refractivity contribution is 7.14. The number of halogens is 2. The fourth-order valence-corrected chi connectivity index (χ4v) is 3.46. The molecule has 24 heavy (non-hydrogen) atoms. The second-order valence-corrected chi connectivity index (χ2v) is 7.18. The average Bonchev–Trinajstić information content (AvgIpc) is 2.97. The number of benzene rings is 2. The highest BCUT2D eigenvalue weighted by atomic mass is 35.5. The summed E-state index contributed by atoms with van der Waals surface area (Å²) in [4.78, 5) is 16.8. The van der Waals surface area contributed by atoms with E-state index in [9.17, 15) is 4.79 Å². The molecule has 0 aliphatic heterocycles. The Balaban J connectivity index is 1.80. The van der Waals surface area contributed by atoms with Crippen LogP contribution in [0.3, 0.4) is 0 Å². The first-order chi connectivity index (χ1) is 11.4. The van der Waals surface area contributed by atoms with Gasteiger partial charge in [0, 0.05) is 26.6 Å². The van der Waals surface area contributed by atoms with Gasteiger partial charge in [-0.25, -0.2) is 4.98 Å². The Morgan fingerprint density at radius 1 is 1.04 bits per heavy atom. The van der Waals surface area contributed by atoms with Crippen LogP contribution >= 0.6 is 34.5 Å². The Bertz CT molecular complexity index is 901. The predicted molar refractivity (Wildman–Crippen MR) is 101 cm³/mol. The van der Waals surface area contributed by atoms with E-state index in [1.807, 2.05) is 11.4 Å². The van der Waals surface area contributed by atoms with Crippen LogP contribution in [-0.2, 0) is 0 Å². The average molecular weight is 377 g/mol. The number of anilines is 1. The summed E-state index contributed by atoms with van der Waals surface area (Å²) in [6.45, 7) is 4.14. The van der Waals surface area contributed by atoms with Crippen LogP contribution in [0.2, 0.25) is 10.0 Å². The van der Waals surface area contributed by atoms with Gasteiger partial charge in [-0.05, 0) is 49.2 Å². The summed E-state index contributed by atoms with van der Waals surface area (Å²) in [6, 6.07) is 10.9. The molecule has 0 fully saturated rings. The second-order valence-electron chi connectivity index (χ2n) is 5.45. The number of rotatable bonds is 3.